The lowest BCUT2D eigenvalue weighted by Gasteiger charge is -2.38. The number of carbonyl (C=O) groups excluding carboxylic acids is 4. The largest absolute Gasteiger partial charge is 0.455 e. The van der Waals surface area contributed by atoms with Gasteiger partial charge in [-0.3, -0.25) is 19.2 Å². The number of aliphatic hydroxyl groups is 1. The molecular weight excluding hydrogens is 590 g/mol. The molecule has 3 amide bonds. The number of esters is 1. The highest BCUT2D eigenvalue weighted by atomic mass is 16.6. The molecule has 1 aromatic carbocycles. The number of amides is 3. The van der Waals surface area contributed by atoms with E-state index in [1.807, 2.05) is 25.1 Å². The monoisotopic (exact) mass is 639 g/mol. The Kier molecular flexibility index (Phi) is 12.2. The molecule has 1 aromatic rings. The molecule has 0 radical (unpaired) electrons. The van der Waals surface area contributed by atoms with E-state index < -0.39 is 59.6 Å². The van der Waals surface area contributed by atoms with E-state index in [9.17, 15) is 24.3 Å². The third-order valence-electron chi connectivity index (χ3n) is 9.43. The normalized spacial score (nSPS) is 26.6. The molecule has 252 valence electrons. The average molecular weight is 640 g/mol. The molecule has 1 spiro atoms. The van der Waals surface area contributed by atoms with Gasteiger partial charge >= 0.3 is 5.97 Å². The molecule has 11 nitrogen and oxygen atoms in total. The predicted octanol–water partition coefficient (Wildman–Crippen LogP) is 2.94. The minimum Gasteiger partial charge on any atom is -0.455 e. The van der Waals surface area contributed by atoms with E-state index in [2.05, 4.69) is 18.5 Å². The van der Waals surface area contributed by atoms with Gasteiger partial charge in [0.1, 0.15) is 17.7 Å². The van der Waals surface area contributed by atoms with Crippen molar-refractivity contribution >= 4 is 23.7 Å². The summed E-state index contributed by atoms with van der Waals surface area (Å²) in [6.45, 7) is 11.7. The quantitative estimate of drug-likeness (QED) is 0.185. The number of nitrogens with one attached hydrogen (secondary N) is 1. The third kappa shape index (κ3) is 6.91. The van der Waals surface area contributed by atoms with Gasteiger partial charge < -0.3 is 34.4 Å². The van der Waals surface area contributed by atoms with Crippen LogP contribution in [-0.4, -0.2) is 102 Å². The molecular formula is C35H49N3O8. The number of unbranched alkanes of at least 4 members (excludes halogenated alkanes) is 1. The van der Waals surface area contributed by atoms with E-state index in [-0.39, 0.29) is 31.4 Å². The van der Waals surface area contributed by atoms with Crippen molar-refractivity contribution in [3.63, 3.8) is 0 Å². The van der Waals surface area contributed by atoms with E-state index in [0.29, 0.717) is 37.9 Å². The summed E-state index contributed by atoms with van der Waals surface area (Å²) < 4.78 is 18.2. The summed E-state index contributed by atoms with van der Waals surface area (Å²) in [6.07, 6.45) is 5.02. The van der Waals surface area contributed by atoms with Crippen LogP contribution in [0, 0.1) is 11.8 Å². The van der Waals surface area contributed by atoms with Gasteiger partial charge in [-0.05, 0) is 38.2 Å². The smallest absolute Gasteiger partial charge is 0.313 e. The van der Waals surface area contributed by atoms with Crippen molar-refractivity contribution in [3.05, 3.63) is 61.2 Å². The number of nitrogens with zero attached hydrogens (tertiary/aromatic N) is 2. The van der Waals surface area contributed by atoms with Gasteiger partial charge in [0.2, 0.25) is 17.7 Å². The first-order chi connectivity index (χ1) is 22.2. The molecule has 0 aromatic heterocycles. The van der Waals surface area contributed by atoms with Crippen LogP contribution in [0.2, 0.25) is 0 Å². The summed E-state index contributed by atoms with van der Waals surface area (Å²) in [5, 5.41) is 13.1. The topological polar surface area (TPSA) is 135 Å². The van der Waals surface area contributed by atoms with Gasteiger partial charge in [-0.1, -0.05) is 55.8 Å². The van der Waals surface area contributed by atoms with Gasteiger partial charge in [0, 0.05) is 26.6 Å². The number of fused-ring (bicyclic) bond motifs is 1. The molecule has 3 fully saturated rings. The summed E-state index contributed by atoms with van der Waals surface area (Å²) in [5.74, 6) is -3.49. The number of hydrogen-bond acceptors (Lipinski definition) is 8. The maximum Gasteiger partial charge on any atom is 0.313 e. The van der Waals surface area contributed by atoms with Crippen molar-refractivity contribution in [2.24, 2.45) is 11.8 Å². The number of allylic oxidation sites excluding steroid dienone is 1. The fourth-order valence-corrected chi connectivity index (χ4v) is 7.29. The molecule has 46 heavy (non-hydrogen) atoms. The molecule has 0 saturated carbocycles. The minimum atomic E-state index is -1.23. The third-order valence-corrected chi connectivity index (χ3v) is 9.43. The lowest BCUT2D eigenvalue weighted by molar-refractivity contribution is -0.163. The van der Waals surface area contributed by atoms with Crippen LogP contribution in [0.15, 0.2) is 55.6 Å². The lowest BCUT2D eigenvalue weighted by atomic mass is 9.70. The Morgan fingerprint density at radius 3 is 2.61 bits per heavy atom. The van der Waals surface area contributed by atoms with Gasteiger partial charge in [-0.2, -0.15) is 0 Å². The number of methoxy groups -OCH3 is 1. The van der Waals surface area contributed by atoms with Gasteiger partial charge in [0.25, 0.3) is 0 Å². The second-order valence-corrected chi connectivity index (χ2v) is 12.5. The standard InChI is InChI=1S/C35H49N3O8/c1-6-9-16-27(40)36-25(22-44-5)30(24-14-12-11-13-15-24)45-34(43)28-26-17-18-35(46-26)29(28)32(41)38(23(4)21-39)31(35)33(42)37(19-8-3)20-10-7-2/h6,8,11-15,23,25-26,28-31,39H,1,3,7,9-10,16-22H2,2,4-5H3,(H,36,40)/t23-,25+,26-,28+,29+,30+,31-,35+/m1/s1. The maximum absolute atomic E-state index is 14.3. The van der Waals surface area contributed by atoms with Crippen molar-refractivity contribution in [1.82, 2.24) is 15.1 Å². The van der Waals surface area contributed by atoms with E-state index in [0.717, 1.165) is 12.8 Å². The molecule has 2 bridgehead atoms. The van der Waals surface area contributed by atoms with E-state index in [1.54, 1.807) is 36.1 Å². The van der Waals surface area contributed by atoms with E-state index in [1.165, 1.54) is 12.0 Å². The number of likely N-dealkylation sites (tertiary alicyclic amines) is 1. The number of hydrogen-bond donors (Lipinski definition) is 2. The first kappa shape index (κ1) is 35.3. The number of benzene rings is 1. The number of carbonyl (C=O) groups is 4. The maximum atomic E-state index is 14.3. The Bertz CT molecular complexity index is 1260. The second-order valence-electron chi connectivity index (χ2n) is 12.5. The van der Waals surface area contributed by atoms with Gasteiger partial charge in [0.15, 0.2) is 0 Å². The van der Waals surface area contributed by atoms with Crippen LogP contribution in [0.4, 0.5) is 0 Å². The molecule has 4 rings (SSSR count). The summed E-state index contributed by atoms with van der Waals surface area (Å²) >= 11 is 0. The first-order valence-corrected chi connectivity index (χ1v) is 16.3. The van der Waals surface area contributed by atoms with Crippen molar-refractivity contribution in [2.45, 2.75) is 88.3 Å². The van der Waals surface area contributed by atoms with Crippen LogP contribution >= 0.6 is 0 Å². The van der Waals surface area contributed by atoms with Crippen molar-refractivity contribution in [3.8, 4) is 0 Å². The molecule has 3 aliphatic rings. The molecule has 3 saturated heterocycles. The highest BCUT2D eigenvalue weighted by Crippen LogP contribution is 2.59. The molecule has 3 heterocycles. The zero-order chi connectivity index (χ0) is 33.4. The molecule has 0 aliphatic carbocycles. The van der Waals surface area contributed by atoms with Gasteiger partial charge in [-0.15, -0.1) is 13.2 Å². The zero-order valence-electron chi connectivity index (χ0n) is 27.3. The number of ether oxygens (including phenoxy) is 3. The van der Waals surface area contributed by atoms with E-state index in [4.69, 9.17) is 14.2 Å². The first-order valence-electron chi connectivity index (χ1n) is 16.3. The molecule has 3 aliphatic heterocycles. The zero-order valence-corrected chi connectivity index (χ0v) is 27.3. The Labute approximate surface area is 271 Å². The van der Waals surface area contributed by atoms with Crippen LogP contribution in [0.25, 0.3) is 0 Å². The SMILES string of the molecule is C=CCCC(=O)N[C@@H](COC)[C@@H](OC(=O)[C@@H]1[C@H]2C(=O)N([C@H](C)CO)[C@H](C(=O)N(CC=C)CCCC)[C@]23CC[C@H]1O3)c1ccccc1. The molecule has 8 atom stereocenters. The summed E-state index contributed by atoms with van der Waals surface area (Å²) in [4.78, 5) is 58.7. The molecule has 0 unspecified atom stereocenters. The predicted molar refractivity (Wildman–Crippen MR) is 171 cm³/mol. The second kappa shape index (κ2) is 15.8. The Hall–Kier alpha value is -3.54. The highest BCUT2D eigenvalue weighted by Gasteiger charge is 2.75. The minimum absolute atomic E-state index is 0.0683. The summed E-state index contributed by atoms with van der Waals surface area (Å²) in [7, 11) is 1.50. The summed E-state index contributed by atoms with van der Waals surface area (Å²) in [5.41, 5.74) is -0.581. The fraction of sp³-hybridized carbons (Fsp3) is 0.600. The average Bonchev–Trinajstić information content (AvgIpc) is 3.71. The fourth-order valence-electron chi connectivity index (χ4n) is 7.29. The van der Waals surface area contributed by atoms with E-state index >= 15 is 0 Å². The van der Waals surface area contributed by atoms with Crippen LogP contribution in [-0.2, 0) is 33.4 Å². The van der Waals surface area contributed by atoms with Gasteiger partial charge in [-0.25, -0.2) is 0 Å². The van der Waals surface area contributed by atoms with Crippen molar-refractivity contribution in [2.75, 3.05) is 33.4 Å². The van der Waals surface area contributed by atoms with Crippen molar-refractivity contribution < 1.29 is 38.5 Å². The lowest BCUT2D eigenvalue weighted by Crippen LogP contribution is -2.58. The molecule has 2 N–H and O–H groups in total. The van der Waals surface area contributed by atoms with Crippen LogP contribution in [0.5, 0.6) is 0 Å². The Morgan fingerprint density at radius 2 is 1.98 bits per heavy atom. The number of rotatable bonds is 18. The summed E-state index contributed by atoms with van der Waals surface area (Å²) in [6, 6.07) is 6.69. The van der Waals surface area contributed by atoms with Crippen LogP contribution in [0.3, 0.4) is 0 Å². The molecule has 11 heteroatoms. The van der Waals surface area contributed by atoms with Gasteiger partial charge in [0.05, 0.1) is 43.2 Å². The Morgan fingerprint density at radius 1 is 1.24 bits per heavy atom. The highest BCUT2D eigenvalue weighted by molar-refractivity contribution is 5.98. The number of aliphatic hydroxyl groups excluding tert-OH is 1. The van der Waals surface area contributed by atoms with Crippen molar-refractivity contribution in [1.29, 1.82) is 0 Å². The Balaban J connectivity index is 1.68. The van der Waals surface area contributed by atoms with Crippen LogP contribution in [0.1, 0.15) is 64.0 Å². The van der Waals surface area contributed by atoms with Crippen LogP contribution < -0.4 is 5.32 Å².